The maximum absolute atomic E-state index is 13.4. The van der Waals surface area contributed by atoms with Crippen LogP contribution >= 0.6 is 0 Å². The topological polar surface area (TPSA) is 158 Å². The smallest absolute Gasteiger partial charge is 0.295 e. The van der Waals surface area contributed by atoms with Gasteiger partial charge in [-0.15, -0.1) is 6.42 Å². The summed E-state index contributed by atoms with van der Waals surface area (Å²) in [4.78, 5) is 11.2. The number of ether oxygens (including phenoxy) is 2. The number of aliphatic hydroxyl groups is 1. The number of aliphatic hydroxyl groups excluding tert-OH is 1. The molecule has 1 amide bonds. The van der Waals surface area contributed by atoms with E-state index in [0.29, 0.717) is 29.7 Å². The molecule has 2 heterocycles. The van der Waals surface area contributed by atoms with E-state index in [4.69, 9.17) is 25.5 Å². The van der Waals surface area contributed by atoms with Crippen LogP contribution in [-0.2, 0) is 34.3 Å². The zero-order chi connectivity index (χ0) is 28.0. The molecule has 13 heteroatoms. The Morgan fingerprint density at radius 2 is 2.03 bits per heavy atom. The van der Waals surface area contributed by atoms with Crippen molar-refractivity contribution in [3.05, 3.63) is 59.4 Å². The molecule has 2 aromatic carbocycles. The Bertz CT molecular complexity index is 1640. The lowest BCUT2D eigenvalue weighted by atomic mass is 10.1. The van der Waals surface area contributed by atoms with Gasteiger partial charge in [0, 0.05) is 18.3 Å². The quantitative estimate of drug-likeness (QED) is 0.223. The fourth-order valence-corrected chi connectivity index (χ4v) is 5.06. The van der Waals surface area contributed by atoms with E-state index in [1.807, 2.05) is 12.8 Å². The van der Waals surface area contributed by atoms with Crippen LogP contribution in [-0.4, -0.2) is 54.7 Å². The standard InChI is InChI=1S/C26H27N5O7S/c1-4-17-6-7-20(37-9-8-32)23(12-17)39(34,35)30-26-25-21(36-3)10-18(11-22(25)38-29-26)15-31-16-19(14-28-31)13-27-24(33)5-2/h2,6-7,10-12,14,16,32H,4,8-9,13,15H2,1,3H3,(H,27,33)(H,29,30). The molecule has 0 fully saturated rings. The van der Waals surface area contributed by atoms with Crippen molar-refractivity contribution in [3.8, 4) is 23.8 Å². The van der Waals surface area contributed by atoms with Crippen LogP contribution in [0.4, 0.5) is 5.82 Å². The summed E-state index contributed by atoms with van der Waals surface area (Å²) in [6, 6.07) is 8.27. The van der Waals surface area contributed by atoms with E-state index >= 15 is 0 Å². The predicted molar refractivity (Wildman–Crippen MR) is 142 cm³/mol. The van der Waals surface area contributed by atoms with Crippen molar-refractivity contribution in [2.45, 2.75) is 31.3 Å². The largest absolute Gasteiger partial charge is 0.496 e. The minimum Gasteiger partial charge on any atom is -0.496 e. The minimum atomic E-state index is -4.15. The van der Waals surface area contributed by atoms with Gasteiger partial charge in [0.25, 0.3) is 15.9 Å². The Labute approximate surface area is 224 Å². The maximum atomic E-state index is 13.4. The lowest BCUT2D eigenvalue weighted by Gasteiger charge is -2.13. The third kappa shape index (κ3) is 6.31. The van der Waals surface area contributed by atoms with E-state index < -0.39 is 15.9 Å². The fraction of sp³-hybridized carbons (Fsp3) is 0.269. The van der Waals surface area contributed by atoms with E-state index in [0.717, 1.165) is 16.7 Å². The number of sulfonamides is 1. The zero-order valence-corrected chi connectivity index (χ0v) is 22.1. The number of carbonyl (C=O) groups is 1. The van der Waals surface area contributed by atoms with Crippen LogP contribution in [0.15, 0.2) is 52.1 Å². The lowest BCUT2D eigenvalue weighted by molar-refractivity contribution is -0.115. The fourth-order valence-electron chi connectivity index (χ4n) is 3.86. The molecular weight excluding hydrogens is 526 g/mol. The molecule has 4 aromatic rings. The number of fused-ring (bicyclic) bond motifs is 1. The molecule has 0 spiro atoms. The number of nitrogens with zero attached hydrogens (tertiary/aromatic N) is 3. The van der Waals surface area contributed by atoms with Gasteiger partial charge < -0.3 is 24.4 Å². The van der Waals surface area contributed by atoms with Crippen LogP contribution in [0.25, 0.3) is 11.0 Å². The Hall–Kier alpha value is -4.54. The van der Waals surface area contributed by atoms with Gasteiger partial charge in [-0.3, -0.25) is 14.2 Å². The summed E-state index contributed by atoms with van der Waals surface area (Å²) in [5.74, 6) is 1.87. The number of anilines is 1. The highest BCUT2D eigenvalue weighted by Gasteiger charge is 2.25. The number of amides is 1. The molecule has 0 aliphatic rings. The second-order valence-corrected chi connectivity index (χ2v) is 10.0. The van der Waals surface area contributed by atoms with Crippen molar-refractivity contribution in [1.82, 2.24) is 20.3 Å². The first-order chi connectivity index (χ1) is 18.8. The van der Waals surface area contributed by atoms with Gasteiger partial charge in [0.15, 0.2) is 11.4 Å². The average Bonchev–Trinajstić information content (AvgIpc) is 3.56. The number of hydrogen-bond donors (Lipinski definition) is 3. The highest BCUT2D eigenvalue weighted by Crippen LogP contribution is 2.36. The molecule has 3 N–H and O–H groups in total. The van der Waals surface area contributed by atoms with Crippen molar-refractivity contribution < 1.29 is 32.3 Å². The number of aryl methyl sites for hydroxylation is 1. The second kappa shape index (κ2) is 11.9. The first-order valence-corrected chi connectivity index (χ1v) is 13.4. The van der Waals surface area contributed by atoms with Crippen LogP contribution < -0.4 is 19.5 Å². The molecule has 0 aliphatic heterocycles. The predicted octanol–water partition coefficient (Wildman–Crippen LogP) is 2.06. The summed E-state index contributed by atoms with van der Waals surface area (Å²) < 4.78 is 47.4. The first-order valence-electron chi connectivity index (χ1n) is 11.9. The number of rotatable bonds is 12. The highest BCUT2D eigenvalue weighted by atomic mass is 32.2. The monoisotopic (exact) mass is 553 g/mol. The van der Waals surface area contributed by atoms with Gasteiger partial charge in [-0.05, 0) is 47.7 Å². The number of terminal acetylenes is 1. The molecule has 204 valence electrons. The molecule has 0 bridgehead atoms. The molecular formula is C26H27N5O7S. The highest BCUT2D eigenvalue weighted by molar-refractivity contribution is 7.92. The number of methoxy groups -OCH3 is 1. The van der Waals surface area contributed by atoms with Gasteiger partial charge >= 0.3 is 0 Å². The summed E-state index contributed by atoms with van der Waals surface area (Å²) in [7, 11) is -2.70. The molecule has 12 nitrogen and oxygen atoms in total. The maximum Gasteiger partial charge on any atom is 0.295 e. The van der Waals surface area contributed by atoms with E-state index in [1.54, 1.807) is 41.3 Å². The van der Waals surface area contributed by atoms with Gasteiger partial charge in [0.2, 0.25) is 0 Å². The van der Waals surface area contributed by atoms with Gasteiger partial charge in [0.1, 0.15) is 28.4 Å². The average molecular weight is 554 g/mol. The molecule has 39 heavy (non-hydrogen) atoms. The Kier molecular flexibility index (Phi) is 8.38. The van der Waals surface area contributed by atoms with Gasteiger partial charge in [-0.1, -0.05) is 18.1 Å². The SMILES string of the molecule is C#CC(=O)NCc1cnn(Cc2cc(OC)c3c(NS(=O)(=O)c4cc(CC)ccc4OCCO)noc3c2)c1. The van der Waals surface area contributed by atoms with E-state index in [2.05, 4.69) is 20.3 Å². The van der Waals surface area contributed by atoms with Crippen LogP contribution in [0.3, 0.4) is 0 Å². The van der Waals surface area contributed by atoms with Crippen molar-refractivity contribution in [2.75, 3.05) is 25.0 Å². The lowest BCUT2D eigenvalue weighted by Crippen LogP contribution is -2.20. The number of aromatic nitrogens is 3. The molecule has 2 aromatic heterocycles. The Morgan fingerprint density at radius 3 is 2.74 bits per heavy atom. The summed E-state index contributed by atoms with van der Waals surface area (Å²) in [6.07, 6.45) is 9.04. The van der Waals surface area contributed by atoms with Gasteiger partial charge in [0.05, 0.1) is 26.5 Å². The number of hydrogen-bond acceptors (Lipinski definition) is 9. The molecule has 0 aliphatic carbocycles. The van der Waals surface area contributed by atoms with Crippen LogP contribution in [0.2, 0.25) is 0 Å². The van der Waals surface area contributed by atoms with Gasteiger partial charge in [-0.2, -0.15) is 5.10 Å². The second-order valence-electron chi connectivity index (χ2n) is 8.39. The molecule has 0 saturated heterocycles. The summed E-state index contributed by atoms with van der Waals surface area (Å²) in [5.41, 5.74) is 2.61. The van der Waals surface area contributed by atoms with Crippen LogP contribution in [0.5, 0.6) is 11.5 Å². The molecule has 0 atom stereocenters. The summed E-state index contributed by atoms with van der Waals surface area (Å²) in [5, 5.41) is 20.3. The summed E-state index contributed by atoms with van der Waals surface area (Å²) >= 11 is 0. The molecule has 0 saturated carbocycles. The number of carbonyl (C=O) groups excluding carboxylic acids is 1. The number of benzene rings is 2. The third-order valence-electron chi connectivity index (χ3n) is 5.72. The van der Waals surface area contributed by atoms with E-state index in [9.17, 15) is 13.2 Å². The summed E-state index contributed by atoms with van der Waals surface area (Å²) in [6.45, 7) is 2.16. The Morgan fingerprint density at radius 1 is 1.21 bits per heavy atom. The molecule has 4 rings (SSSR count). The van der Waals surface area contributed by atoms with E-state index in [1.165, 1.54) is 13.2 Å². The van der Waals surface area contributed by atoms with Crippen LogP contribution in [0, 0.1) is 12.3 Å². The first kappa shape index (κ1) is 27.5. The normalized spacial score (nSPS) is 11.2. The van der Waals surface area contributed by atoms with Crippen molar-refractivity contribution >= 4 is 32.7 Å². The molecule has 0 unspecified atom stereocenters. The zero-order valence-electron chi connectivity index (χ0n) is 21.3. The minimum absolute atomic E-state index is 0.0472. The third-order valence-corrected chi connectivity index (χ3v) is 7.08. The Balaban J connectivity index is 1.61. The van der Waals surface area contributed by atoms with Crippen molar-refractivity contribution in [3.63, 3.8) is 0 Å². The van der Waals surface area contributed by atoms with E-state index in [-0.39, 0.29) is 36.2 Å². The van der Waals surface area contributed by atoms with Crippen molar-refractivity contribution in [1.29, 1.82) is 0 Å². The van der Waals surface area contributed by atoms with Crippen molar-refractivity contribution in [2.24, 2.45) is 0 Å². The molecule has 0 radical (unpaired) electrons. The van der Waals surface area contributed by atoms with Crippen LogP contribution in [0.1, 0.15) is 23.6 Å². The number of nitrogens with one attached hydrogen (secondary N) is 2. The van der Waals surface area contributed by atoms with Gasteiger partial charge in [-0.25, -0.2) is 8.42 Å².